The van der Waals surface area contributed by atoms with E-state index in [0.29, 0.717) is 45.2 Å². The number of nitrogens with zero attached hydrogens (tertiary/aromatic N) is 3. The average Bonchev–Trinajstić information content (AvgIpc) is 3.10. The SMILES string of the molecule is N#Cc1cc(Cl)cc(Oc2cc(OCC3=NCc4nc(N)ccc43)ccc2Cl)c1. The molecule has 3 aromatic rings. The van der Waals surface area contributed by atoms with Crippen LogP contribution >= 0.6 is 23.2 Å². The first-order valence-electron chi connectivity index (χ1n) is 8.62. The third kappa shape index (κ3) is 4.27. The van der Waals surface area contributed by atoms with Crippen molar-refractivity contribution < 1.29 is 9.47 Å². The Hall–Kier alpha value is -3.27. The summed E-state index contributed by atoms with van der Waals surface area (Å²) in [5, 5.41) is 9.88. The molecule has 0 aliphatic carbocycles. The van der Waals surface area contributed by atoms with Crippen LogP contribution in [-0.4, -0.2) is 17.3 Å². The zero-order valence-corrected chi connectivity index (χ0v) is 16.5. The molecule has 0 saturated carbocycles. The number of hydrogen-bond acceptors (Lipinski definition) is 6. The molecule has 0 radical (unpaired) electrons. The van der Waals surface area contributed by atoms with E-state index in [9.17, 15) is 0 Å². The van der Waals surface area contributed by atoms with Crippen LogP contribution < -0.4 is 15.2 Å². The summed E-state index contributed by atoms with van der Waals surface area (Å²) in [7, 11) is 0. The molecule has 6 nitrogen and oxygen atoms in total. The van der Waals surface area contributed by atoms with Gasteiger partial charge in [-0.05, 0) is 42.5 Å². The summed E-state index contributed by atoms with van der Waals surface area (Å²) >= 11 is 12.3. The number of nitriles is 1. The number of anilines is 1. The molecule has 2 heterocycles. The van der Waals surface area contributed by atoms with E-state index in [2.05, 4.69) is 9.98 Å². The molecule has 2 aromatic carbocycles. The molecule has 1 aromatic heterocycles. The number of benzene rings is 2. The number of aromatic nitrogens is 1. The summed E-state index contributed by atoms with van der Waals surface area (Å²) in [6.45, 7) is 0.763. The number of halogens is 2. The van der Waals surface area contributed by atoms with E-state index in [4.69, 9.17) is 43.7 Å². The van der Waals surface area contributed by atoms with Crippen LogP contribution in [0.1, 0.15) is 16.8 Å². The zero-order valence-electron chi connectivity index (χ0n) is 15.0. The van der Waals surface area contributed by atoms with E-state index in [1.165, 1.54) is 0 Å². The van der Waals surface area contributed by atoms with Gasteiger partial charge in [-0.2, -0.15) is 5.26 Å². The van der Waals surface area contributed by atoms with E-state index in [0.717, 1.165) is 17.0 Å². The summed E-state index contributed by atoms with van der Waals surface area (Å²) in [6, 6.07) is 15.5. The second kappa shape index (κ2) is 8.00. The normalized spacial score (nSPS) is 12.1. The van der Waals surface area contributed by atoms with Crippen LogP contribution in [0.2, 0.25) is 10.0 Å². The number of rotatable bonds is 5. The monoisotopic (exact) mass is 424 g/mol. The number of nitrogen functional groups attached to an aromatic ring is 1. The van der Waals surface area contributed by atoms with Gasteiger partial charge in [-0.3, -0.25) is 4.99 Å². The van der Waals surface area contributed by atoms with E-state index in [-0.39, 0.29) is 6.61 Å². The minimum atomic E-state index is 0.273. The fourth-order valence-corrected chi connectivity index (χ4v) is 3.28. The predicted molar refractivity (Wildman–Crippen MR) is 112 cm³/mol. The third-order valence-corrected chi connectivity index (χ3v) is 4.76. The Morgan fingerprint density at radius 3 is 2.76 bits per heavy atom. The first-order valence-corrected chi connectivity index (χ1v) is 9.37. The van der Waals surface area contributed by atoms with Gasteiger partial charge < -0.3 is 15.2 Å². The number of aliphatic imine (C=N–C) groups is 1. The van der Waals surface area contributed by atoms with Gasteiger partial charge in [0.1, 0.15) is 29.7 Å². The lowest BCUT2D eigenvalue weighted by molar-refractivity contribution is 0.373. The molecule has 0 spiro atoms. The highest BCUT2D eigenvalue weighted by Crippen LogP contribution is 2.34. The summed E-state index contributed by atoms with van der Waals surface area (Å²) in [4.78, 5) is 8.76. The lowest BCUT2D eigenvalue weighted by atomic mass is 10.1. The molecular formula is C21H14Cl2N4O2. The van der Waals surface area contributed by atoms with Gasteiger partial charge in [-0.1, -0.05) is 23.2 Å². The van der Waals surface area contributed by atoms with Crippen molar-refractivity contribution in [3.05, 3.63) is 75.4 Å². The van der Waals surface area contributed by atoms with Gasteiger partial charge >= 0.3 is 0 Å². The van der Waals surface area contributed by atoms with Crippen molar-refractivity contribution in [3.63, 3.8) is 0 Å². The lowest BCUT2D eigenvalue weighted by Gasteiger charge is -2.12. The van der Waals surface area contributed by atoms with Crippen LogP contribution in [0.15, 0.2) is 53.5 Å². The van der Waals surface area contributed by atoms with Gasteiger partial charge in [-0.25, -0.2) is 4.98 Å². The topological polar surface area (TPSA) is 93.5 Å². The number of fused-ring (bicyclic) bond motifs is 1. The molecule has 8 heteroatoms. The summed E-state index contributed by atoms with van der Waals surface area (Å²) < 4.78 is 11.7. The first kappa shape index (κ1) is 19.1. The quantitative estimate of drug-likeness (QED) is 0.620. The molecule has 1 aliphatic rings. The lowest BCUT2D eigenvalue weighted by Crippen LogP contribution is -2.12. The van der Waals surface area contributed by atoms with Crippen molar-refractivity contribution in [2.75, 3.05) is 12.3 Å². The van der Waals surface area contributed by atoms with Crippen molar-refractivity contribution in [1.29, 1.82) is 5.26 Å². The number of nitrogens with two attached hydrogens (primary N) is 1. The highest BCUT2D eigenvalue weighted by Gasteiger charge is 2.18. The second-order valence-corrected chi connectivity index (χ2v) is 7.11. The molecule has 4 rings (SSSR count). The molecule has 0 saturated heterocycles. The average molecular weight is 425 g/mol. The summed E-state index contributed by atoms with van der Waals surface area (Å²) in [6.07, 6.45) is 0. The van der Waals surface area contributed by atoms with Crippen molar-refractivity contribution in [3.8, 4) is 23.3 Å². The van der Waals surface area contributed by atoms with Gasteiger partial charge in [0.2, 0.25) is 0 Å². The number of pyridine rings is 1. The molecule has 0 atom stereocenters. The van der Waals surface area contributed by atoms with Gasteiger partial charge in [0.05, 0.1) is 34.6 Å². The van der Waals surface area contributed by atoms with Gasteiger partial charge in [0.15, 0.2) is 0 Å². The Labute approximate surface area is 177 Å². The highest BCUT2D eigenvalue weighted by atomic mass is 35.5. The molecule has 1 aliphatic heterocycles. The van der Waals surface area contributed by atoms with E-state index in [1.54, 1.807) is 42.5 Å². The van der Waals surface area contributed by atoms with E-state index < -0.39 is 0 Å². The largest absolute Gasteiger partial charge is 0.487 e. The maximum absolute atomic E-state index is 9.08. The van der Waals surface area contributed by atoms with Gasteiger partial charge in [0.25, 0.3) is 0 Å². The van der Waals surface area contributed by atoms with Crippen LogP contribution in [0, 0.1) is 11.3 Å². The molecular weight excluding hydrogens is 411 g/mol. The van der Waals surface area contributed by atoms with Crippen molar-refractivity contribution in [2.24, 2.45) is 4.99 Å². The van der Waals surface area contributed by atoms with Crippen molar-refractivity contribution in [2.45, 2.75) is 6.54 Å². The summed E-state index contributed by atoms with van der Waals surface area (Å²) in [5.74, 6) is 1.83. The fraction of sp³-hybridized carbons (Fsp3) is 0.0952. The first-order chi connectivity index (χ1) is 14.0. The van der Waals surface area contributed by atoms with E-state index in [1.807, 2.05) is 12.1 Å². The molecule has 0 unspecified atom stereocenters. The molecule has 0 fully saturated rings. The van der Waals surface area contributed by atoms with Crippen LogP contribution in [0.5, 0.6) is 17.2 Å². The van der Waals surface area contributed by atoms with Crippen LogP contribution in [0.3, 0.4) is 0 Å². The highest BCUT2D eigenvalue weighted by molar-refractivity contribution is 6.32. The number of hydrogen-bond donors (Lipinski definition) is 1. The smallest absolute Gasteiger partial charge is 0.149 e. The maximum Gasteiger partial charge on any atom is 0.149 e. The maximum atomic E-state index is 9.08. The molecule has 0 bridgehead atoms. The molecule has 2 N–H and O–H groups in total. The molecule has 144 valence electrons. The Kier molecular flexibility index (Phi) is 5.26. The standard InChI is InChI=1S/C21H14Cl2N4O2/c22-13-5-12(9-24)6-15(7-13)29-20-8-14(1-3-17(20)23)28-11-19-16-2-4-21(25)27-18(16)10-26-19/h1-8H,10-11H2,(H2,25,27). The van der Waals surface area contributed by atoms with Gasteiger partial charge in [-0.15, -0.1) is 0 Å². The van der Waals surface area contributed by atoms with Gasteiger partial charge in [0, 0.05) is 16.7 Å². The van der Waals surface area contributed by atoms with E-state index >= 15 is 0 Å². The summed E-state index contributed by atoms with van der Waals surface area (Å²) in [5.41, 5.74) is 8.70. The predicted octanol–water partition coefficient (Wildman–Crippen LogP) is 5.02. The Morgan fingerprint density at radius 1 is 1.07 bits per heavy atom. The Balaban J connectivity index is 1.50. The van der Waals surface area contributed by atoms with Crippen LogP contribution in [0.4, 0.5) is 5.82 Å². The Bertz CT molecular complexity index is 1170. The van der Waals surface area contributed by atoms with Crippen LogP contribution in [0.25, 0.3) is 0 Å². The van der Waals surface area contributed by atoms with Crippen LogP contribution in [-0.2, 0) is 6.54 Å². The fourth-order valence-electron chi connectivity index (χ4n) is 2.90. The minimum absolute atomic E-state index is 0.273. The molecule has 0 amide bonds. The van der Waals surface area contributed by atoms with Crippen molar-refractivity contribution >= 4 is 34.7 Å². The minimum Gasteiger partial charge on any atom is -0.487 e. The number of ether oxygens (including phenoxy) is 2. The Morgan fingerprint density at radius 2 is 1.93 bits per heavy atom. The molecule has 29 heavy (non-hydrogen) atoms. The third-order valence-electron chi connectivity index (χ3n) is 4.23. The van der Waals surface area contributed by atoms with Crippen molar-refractivity contribution in [1.82, 2.24) is 4.98 Å². The zero-order chi connectivity index (χ0) is 20.4. The second-order valence-electron chi connectivity index (χ2n) is 6.26.